The molecule has 0 saturated carbocycles. The van der Waals surface area contributed by atoms with Crippen LogP contribution >= 0.6 is 15.9 Å². The van der Waals surface area contributed by atoms with Crippen LogP contribution in [-0.2, 0) is 20.9 Å². The van der Waals surface area contributed by atoms with Crippen molar-refractivity contribution >= 4 is 33.4 Å². The molecule has 0 bridgehead atoms. The van der Waals surface area contributed by atoms with Gasteiger partial charge in [0.05, 0.1) is 5.69 Å². The topological polar surface area (TPSA) is 58.6 Å². The molecule has 2 aliphatic rings. The van der Waals surface area contributed by atoms with Crippen LogP contribution in [0, 0.1) is 11.3 Å². The molecular weight excluding hydrogens is 427 g/mol. The lowest BCUT2D eigenvalue weighted by atomic mass is 9.72. The van der Waals surface area contributed by atoms with E-state index in [2.05, 4.69) is 21.4 Å². The van der Waals surface area contributed by atoms with Gasteiger partial charge in [-0.2, -0.15) is 0 Å². The van der Waals surface area contributed by atoms with E-state index in [1.165, 1.54) is 19.2 Å². The molecule has 1 aliphatic carbocycles. The number of benzene rings is 1. The van der Waals surface area contributed by atoms with Crippen molar-refractivity contribution in [1.29, 1.82) is 0 Å². The number of nitrogens with zero attached hydrogens (tertiary/aromatic N) is 1. The second-order valence-electron chi connectivity index (χ2n) is 7.84. The molecule has 28 heavy (non-hydrogen) atoms. The smallest absolute Gasteiger partial charge is 0.302 e. The molecule has 5 nitrogen and oxygen atoms in total. The summed E-state index contributed by atoms with van der Waals surface area (Å²) in [7, 11) is 0. The Balaban J connectivity index is 1.99. The summed E-state index contributed by atoms with van der Waals surface area (Å²) in [5, 5.41) is 1.61. The summed E-state index contributed by atoms with van der Waals surface area (Å²) in [6.07, 6.45) is 4.48. The summed E-state index contributed by atoms with van der Waals surface area (Å²) in [5.74, 6) is -1.45. The number of rotatable bonds is 3. The first-order chi connectivity index (χ1) is 13.1. The van der Waals surface area contributed by atoms with E-state index >= 15 is 0 Å². The Labute approximate surface area is 172 Å². The zero-order chi connectivity index (χ0) is 20.6. The zero-order valence-electron chi connectivity index (χ0n) is 16.2. The molecule has 148 valence electrons. The van der Waals surface area contributed by atoms with Crippen LogP contribution in [0.3, 0.4) is 0 Å². The van der Waals surface area contributed by atoms with E-state index in [-0.39, 0.29) is 23.4 Å². The fourth-order valence-electron chi connectivity index (χ4n) is 3.19. The molecule has 0 aromatic heterocycles. The van der Waals surface area contributed by atoms with Crippen LogP contribution < -0.4 is 10.4 Å². The summed E-state index contributed by atoms with van der Waals surface area (Å²) >= 11 is 3.46. The number of fused-ring (bicyclic) bond motifs is 1. The summed E-state index contributed by atoms with van der Waals surface area (Å²) in [4.78, 5) is 24.1. The van der Waals surface area contributed by atoms with Crippen LogP contribution in [0.4, 0.5) is 10.1 Å². The predicted octanol–water partition coefficient (Wildman–Crippen LogP) is 4.70. The molecule has 1 N–H and O–H groups in total. The van der Waals surface area contributed by atoms with Crippen molar-refractivity contribution in [3.63, 3.8) is 0 Å². The minimum atomic E-state index is -0.519. The maximum atomic E-state index is 14.9. The number of Topliss-reactive ketones (excluding diaryl/α,β-unsaturated/α-hetero) is 1. The molecule has 0 spiro atoms. The summed E-state index contributed by atoms with van der Waals surface area (Å²) < 4.78 is 20.8. The molecule has 1 aliphatic heterocycles. The number of hydrogen-bond acceptors (Lipinski definition) is 5. The SMILES string of the molecule is CC(=O)OCc1c(Br)cccc1N1C=C2C(F)=CC(C(C)(C)C)C(=O)C2=CN1. The Hall–Kier alpha value is -2.41. The Morgan fingerprint density at radius 1 is 1.32 bits per heavy atom. The molecule has 0 fully saturated rings. The number of carbonyl (C=O) groups is 2. The van der Waals surface area contributed by atoms with Crippen molar-refractivity contribution in [3.8, 4) is 0 Å². The number of allylic oxidation sites excluding steroid dienone is 4. The lowest BCUT2D eigenvalue weighted by molar-refractivity contribution is -0.142. The van der Waals surface area contributed by atoms with Gasteiger partial charge in [0.2, 0.25) is 0 Å². The molecular formula is C21H22BrFN2O3. The van der Waals surface area contributed by atoms with Crippen molar-refractivity contribution in [3.05, 3.63) is 63.7 Å². The third-order valence-electron chi connectivity index (χ3n) is 4.72. The molecule has 1 atom stereocenters. The van der Waals surface area contributed by atoms with Gasteiger partial charge in [-0.3, -0.25) is 14.6 Å². The highest BCUT2D eigenvalue weighted by Crippen LogP contribution is 2.41. The highest BCUT2D eigenvalue weighted by Gasteiger charge is 2.39. The minimum Gasteiger partial charge on any atom is -0.461 e. The van der Waals surface area contributed by atoms with E-state index < -0.39 is 17.7 Å². The number of ether oxygens (including phenoxy) is 1. The fourth-order valence-corrected chi connectivity index (χ4v) is 3.66. The standard InChI is InChI=1S/C21H22BrFN2O3/c1-12(26)28-11-15-17(22)6-5-7-19(15)25-10-14-13(9-24-25)20(27)16(8-18(14)23)21(2,3)4/h5-10,16,24H,11H2,1-4H3. The number of carbonyl (C=O) groups excluding carboxylic acids is 2. The van der Waals surface area contributed by atoms with Crippen LogP contribution in [0.25, 0.3) is 0 Å². The number of halogens is 2. The minimum absolute atomic E-state index is 0.0629. The Bertz CT molecular complexity index is 928. The van der Waals surface area contributed by atoms with Gasteiger partial charge in [-0.1, -0.05) is 42.8 Å². The summed E-state index contributed by atoms with van der Waals surface area (Å²) in [6.45, 7) is 7.15. The second-order valence-corrected chi connectivity index (χ2v) is 8.69. The van der Waals surface area contributed by atoms with Gasteiger partial charge >= 0.3 is 5.97 Å². The molecule has 1 heterocycles. The Morgan fingerprint density at radius 3 is 2.68 bits per heavy atom. The van der Waals surface area contributed by atoms with Gasteiger partial charge in [-0.05, 0) is 23.6 Å². The molecule has 0 radical (unpaired) electrons. The van der Waals surface area contributed by atoms with Crippen molar-refractivity contribution < 1.29 is 18.7 Å². The summed E-state index contributed by atoms with van der Waals surface area (Å²) in [5.41, 5.74) is 4.62. The van der Waals surface area contributed by atoms with E-state index in [1.54, 1.807) is 11.2 Å². The first kappa shape index (κ1) is 20.3. The maximum absolute atomic E-state index is 14.9. The number of esters is 1. The Kier molecular flexibility index (Phi) is 5.48. The van der Waals surface area contributed by atoms with Gasteiger partial charge in [0, 0.05) is 46.4 Å². The maximum Gasteiger partial charge on any atom is 0.302 e. The van der Waals surface area contributed by atoms with Crippen molar-refractivity contribution in [2.75, 3.05) is 5.01 Å². The number of hydrogen-bond donors (Lipinski definition) is 1. The van der Waals surface area contributed by atoms with Crippen LogP contribution in [-0.4, -0.2) is 11.8 Å². The number of anilines is 1. The first-order valence-corrected chi connectivity index (χ1v) is 9.69. The van der Waals surface area contributed by atoms with E-state index in [1.807, 2.05) is 39.0 Å². The van der Waals surface area contributed by atoms with Crippen LogP contribution in [0.5, 0.6) is 0 Å². The summed E-state index contributed by atoms with van der Waals surface area (Å²) in [6, 6.07) is 5.47. The van der Waals surface area contributed by atoms with Crippen LogP contribution in [0.15, 0.2) is 58.1 Å². The van der Waals surface area contributed by atoms with Gasteiger partial charge < -0.3 is 10.2 Å². The third-order valence-corrected chi connectivity index (χ3v) is 5.46. The molecule has 3 rings (SSSR count). The molecule has 1 aromatic rings. The van der Waals surface area contributed by atoms with E-state index in [4.69, 9.17) is 4.74 Å². The molecule has 0 saturated heterocycles. The van der Waals surface area contributed by atoms with Gasteiger partial charge in [-0.15, -0.1) is 0 Å². The van der Waals surface area contributed by atoms with E-state index in [0.717, 1.165) is 10.0 Å². The van der Waals surface area contributed by atoms with E-state index in [9.17, 15) is 14.0 Å². The number of nitrogens with one attached hydrogen (secondary N) is 1. The highest BCUT2D eigenvalue weighted by molar-refractivity contribution is 9.10. The lowest BCUT2D eigenvalue weighted by Gasteiger charge is -2.35. The average Bonchev–Trinajstić information content (AvgIpc) is 2.62. The average molecular weight is 449 g/mol. The quantitative estimate of drug-likeness (QED) is 0.678. The van der Waals surface area contributed by atoms with Crippen LogP contribution in [0.2, 0.25) is 0 Å². The van der Waals surface area contributed by atoms with Gasteiger partial charge in [0.1, 0.15) is 12.4 Å². The lowest BCUT2D eigenvalue weighted by Crippen LogP contribution is -2.39. The normalized spacial score (nSPS) is 19.2. The first-order valence-electron chi connectivity index (χ1n) is 8.90. The largest absolute Gasteiger partial charge is 0.461 e. The van der Waals surface area contributed by atoms with Crippen molar-refractivity contribution in [1.82, 2.24) is 5.43 Å². The van der Waals surface area contributed by atoms with Gasteiger partial charge in [0.25, 0.3) is 0 Å². The van der Waals surface area contributed by atoms with Crippen LogP contribution in [0.1, 0.15) is 33.3 Å². The van der Waals surface area contributed by atoms with Gasteiger partial charge in [-0.25, -0.2) is 4.39 Å². The molecule has 1 aromatic carbocycles. The number of hydrazine groups is 1. The second kappa shape index (κ2) is 7.54. The highest BCUT2D eigenvalue weighted by atomic mass is 79.9. The van der Waals surface area contributed by atoms with Crippen molar-refractivity contribution in [2.24, 2.45) is 11.3 Å². The molecule has 7 heteroatoms. The molecule has 1 unspecified atom stereocenters. The number of ketones is 1. The monoisotopic (exact) mass is 448 g/mol. The predicted molar refractivity (Wildman–Crippen MR) is 109 cm³/mol. The zero-order valence-corrected chi connectivity index (χ0v) is 17.8. The Morgan fingerprint density at radius 2 is 2.04 bits per heavy atom. The van der Waals surface area contributed by atoms with Crippen molar-refractivity contribution in [2.45, 2.75) is 34.3 Å². The third kappa shape index (κ3) is 3.90. The fraction of sp³-hybridized carbons (Fsp3) is 0.333. The molecule has 0 amide bonds. The van der Waals surface area contributed by atoms with E-state index in [0.29, 0.717) is 11.3 Å². The van der Waals surface area contributed by atoms with Gasteiger partial charge in [0.15, 0.2) is 5.78 Å².